The van der Waals surface area contributed by atoms with Gasteiger partial charge in [-0.25, -0.2) is 9.78 Å². The Hall–Kier alpha value is -2.60. The number of carboxylic acid groups (broad SMARTS) is 1. The number of aromatic nitrogens is 2. The second-order valence-corrected chi connectivity index (χ2v) is 4.63. The van der Waals surface area contributed by atoms with E-state index in [2.05, 4.69) is 9.97 Å². The van der Waals surface area contributed by atoms with E-state index in [1.807, 2.05) is 0 Å². The van der Waals surface area contributed by atoms with Gasteiger partial charge in [0.05, 0.1) is 13.4 Å². The van der Waals surface area contributed by atoms with Crippen molar-refractivity contribution in [2.24, 2.45) is 0 Å². The highest BCUT2D eigenvalue weighted by molar-refractivity contribution is 6.28. The Morgan fingerprint density at radius 1 is 1.32 bits per heavy atom. The highest BCUT2D eigenvalue weighted by atomic mass is 35.5. The topological polar surface area (TPSA) is 81.5 Å². The van der Waals surface area contributed by atoms with Crippen LogP contribution in [-0.4, -0.2) is 28.2 Å². The number of benzene rings is 1. The molecule has 0 radical (unpaired) electrons. The fourth-order valence-corrected chi connectivity index (χ4v) is 2.01. The number of ether oxygens (including phenoxy) is 2. The van der Waals surface area contributed by atoms with Gasteiger partial charge >= 0.3 is 5.97 Å². The lowest BCUT2D eigenvalue weighted by Gasteiger charge is -2.11. The Balaban J connectivity index is 2.44. The number of aryl methyl sites for hydroxylation is 1. The molecule has 0 spiro atoms. The number of aliphatic carboxylic acids is 1. The number of rotatable bonds is 5. The van der Waals surface area contributed by atoms with E-state index in [1.165, 1.54) is 7.11 Å². The second kappa shape index (κ2) is 6.91. The monoisotopic (exact) mass is 320 g/mol. The molecular formula is C15H13ClN2O4. The van der Waals surface area contributed by atoms with Crippen molar-refractivity contribution in [1.29, 1.82) is 0 Å². The third-order valence-corrected chi connectivity index (χ3v) is 2.83. The summed E-state index contributed by atoms with van der Waals surface area (Å²) in [5.41, 5.74) is 0.970. The van der Waals surface area contributed by atoms with E-state index in [1.54, 1.807) is 37.3 Å². The Morgan fingerprint density at radius 3 is 2.68 bits per heavy atom. The number of hydrogen-bond donors (Lipinski definition) is 1. The first-order valence-corrected chi connectivity index (χ1v) is 6.63. The number of nitrogens with zero attached hydrogens (tertiary/aromatic N) is 2. The zero-order valence-electron chi connectivity index (χ0n) is 11.9. The van der Waals surface area contributed by atoms with Crippen LogP contribution in [0.3, 0.4) is 0 Å². The van der Waals surface area contributed by atoms with Crippen molar-refractivity contribution in [2.75, 3.05) is 7.11 Å². The van der Waals surface area contributed by atoms with E-state index < -0.39 is 5.97 Å². The molecule has 0 saturated carbocycles. The molecule has 0 aliphatic rings. The average Bonchev–Trinajstić information content (AvgIpc) is 2.44. The number of methoxy groups -OCH3 is 1. The van der Waals surface area contributed by atoms with Gasteiger partial charge in [0.15, 0.2) is 0 Å². The summed E-state index contributed by atoms with van der Waals surface area (Å²) in [6, 6.07) is 8.27. The maximum Gasteiger partial charge on any atom is 0.339 e. The first-order valence-electron chi connectivity index (χ1n) is 6.26. The Bertz CT molecular complexity index is 711. The number of para-hydroxylation sites is 1. The van der Waals surface area contributed by atoms with Gasteiger partial charge in [-0.15, -0.1) is 0 Å². The van der Waals surface area contributed by atoms with E-state index >= 15 is 0 Å². The maximum atomic E-state index is 11.4. The molecule has 114 valence electrons. The summed E-state index contributed by atoms with van der Waals surface area (Å²) in [6.07, 6.45) is 1.14. The molecule has 0 amide bonds. The maximum absolute atomic E-state index is 11.4. The van der Waals surface area contributed by atoms with Crippen LogP contribution in [0.15, 0.2) is 36.6 Å². The van der Waals surface area contributed by atoms with Crippen molar-refractivity contribution in [2.45, 2.75) is 6.92 Å². The van der Waals surface area contributed by atoms with Crippen LogP contribution in [0.2, 0.25) is 5.28 Å². The molecule has 2 aromatic rings. The van der Waals surface area contributed by atoms with Crippen LogP contribution < -0.4 is 4.74 Å². The zero-order valence-corrected chi connectivity index (χ0v) is 12.7. The summed E-state index contributed by atoms with van der Waals surface area (Å²) in [4.78, 5) is 19.2. The van der Waals surface area contributed by atoms with E-state index in [9.17, 15) is 9.90 Å². The molecule has 0 saturated heterocycles. The van der Waals surface area contributed by atoms with Crippen molar-refractivity contribution in [3.63, 3.8) is 0 Å². The van der Waals surface area contributed by atoms with E-state index in [-0.39, 0.29) is 16.7 Å². The zero-order chi connectivity index (χ0) is 16.1. The highest BCUT2D eigenvalue weighted by Gasteiger charge is 2.17. The lowest BCUT2D eigenvalue weighted by Crippen LogP contribution is -2.03. The van der Waals surface area contributed by atoms with Gasteiger partial charge in [-0.2, -0.15) is 4.98 Å². The van der Waals surface area contributed by atoms with Crippen LogP contribution >= 0.6 is 11.6 Å². The summed E-state index contributed by atoms with van der Waals surface area (Å²) in [5.74, 6) is -0.579. The SMILES string of the molecule is CO/C=C(/C(=O)O)c1ccccc1Oc1cc(C)nc(Cl)n1. The fourth-order valence-electron chi connectivity index (χ4n) is 1.79. The molecule has 0 fully saturated rings. The van der Waals surface area contributed by atoms with E-state index in [0.717, 1.165) is 6.26 Å². The molecule has 0 aliphatic carbocycles. The molecule has 1 aromatic heterocycles. The predicted molar refractivity (Wildman–Crippen MR) is 80.9 cm³/mol. The number of halogens is 1. The number of carbonyl (C=O) groups is 1. The lowest BCUT2D eigenvalue weighted by molar-refractivity contribution is -0.130. The normalized spacial score (nSPS) is 11.1. The summed E-state index contributed by atoms with van der Waals surface area (Å²) in [7, 11) is 1.37. The van der Waals surface area contributed by atoms with Gasteiger partial charge in [0.1, 0.15) is 11.3 Å². The van der Waals surface area contributed by atoms with Crippen molar-refractivity contribution in [3.05, 3.63) is 53.1 Å². The van der Waals surface area contributed by atoms with Crippen LogP contribution in [0.4, 0.5) is 0 Å². The lowest BCUT2D eigenvalue weighted by atomic mass is 10.1. The minimum Gasteiger partial charge on any atom is -0.503 e. The van der Waals surface area contributed by atoms with E-state index in [4.69, 9.17) is 21.1 Å². The molecule has 22 heavy (non-hydrogen) atoms. The molecule has 6 nitrogen and oxygen atoms in total. The third-order valence-electron chi connectivity index (χ3n) is 2.66. The summed E-state index contributed by atoms with van der Waals surface area (Å²) < 4.78 is 10.5. The Kier molecular flexibility index (Phi) is 4.95. The average molecular weight is 321 g/mol. The van der Waals surface area contributed by atoms with Gasteiger partial charge in [-0.3, -0.25) is 0 Å². The first kappa shape index (κ1) is 15.8. The quantitative estimate of drug-likeness (QED) is 0.517. The second-order valence-electron chi connectivity index (χ2n) is 4.29. The Morgan fingerprint density at radius 2 is 2.05 bits per heavy atom. The standard InChI is InChI=1S/C15H13ClN2O4/c1-9-7-13(18-15(16)17-9)22-12-6-4-3-5-10(12)11(8-21-2)14(19)20/h3-8H,1-2H3,(H,19,20)/b11-8+. The molecule has 0 atom stereocenters. The molecule has 0 unspecified atom stereocenters. The van der Waals surface area contributed by atoms with Crippen LogP contribution in [0, 0.1) is 6.92 Å². The summed E-state index contributed by atoms with van der Waals surface area (Å²) in [5, 5.41) is 9.34. The van der Waals surface area contributed by atoms with Gasteiger partial charge < -0.3 is 14.6 Å². The largest absolute Gasteiger partial charge is 0.503 e. The van der Waals surface area contributed by atoms with Gasteiger partial charge in [-0.1, -0.05) is 18.2 Å². The van der Waals surface area contributed by atoms with Gasteiger partial charge in [0.25, 0.3) is 0 Å². The molecular weight excluding hydrogens is 308 g/mol. The Labute approximate surface area is 132 Å². The third kappa shape index (κ3) is 3.73. The van der Waals surface area contributed by atoms with E-state index in [0.29, 0.717) is 17.0 Å². The van der Waals surface area contributed by atoms with Crippen LogP contribution in [0.1, 0.15) is 11.3 Å². The van der Waals surface area contributed by atoms with Crippen LogP contribution in [0.5, 0.6) is 11.6 Å². The molecule has 0 bridgehead atoms. The van der Waals surface area contributed by atoms with Crippen molar-refractivity contribution < 1.29 is 19.4 Å². The summed E-state index contributed by atoms with van der Waals surface area (Å²) >= 11 is 5.79. The van der Waals surface area contributed by atoms with Gasteiger partial charge in [0, 0.05) is 17.3 Å². The molecule has 1 aromatic carbocycles. The van der Waals surface area contributed by atoms with Crippen molar-refractivity contribution in [1.82, 2.24) is 9.97 Å². The summed E-state index contributed by atoms with van der Waals surface area (Å²) in [6.45, 7) is 1.75. The number of hydrogen-bond acceptors (Lipinski definition) is 5. The minimum atomic E-state index is -1.13. The van der Waals surface area contributed by atoms with Crippen LogP contribution in [0.25, 0.3) is 5.57 Å². The molecule has 7 heteroatoms. The van der Waals surface area contributed by atoms with Gasteiger partial charge in [-0.05, 0) is 24.6 Å². The van der Waals surface area contributed by atoms with Crippen molar-refractivity contribution >= 4 is 23.1 Å². The molecule has 1 N–H and O–H groups in total. The highest BCUT2D eigenvalue weighted by Crippen LogP contribution is 2.30. The molecule has 0 aliphatic heterocycles. The predicted octanol–water partition coefficient (Wildman–Crippen LogP) is 3.30. The fraction of sp³-hybridized carbons (Fsp3) is 0.133. The number of carboxylic acids is 1. The first-order chi connectivity index (χ1) is 10.5. The smallest absolute Gasteiger partial charge is 0.339 e. The molecule has 1 heterocycles. The minimum absolute atomic E-state index is 0.0324. The van der Waals surface area contributed by atoms with Crippen LogP contribution in [-0.2, 0) is 9.53 Å². The van der Waals surface area contributed by atoms with Crippen molar-refractivity contribution in [3.8, 4) is 11.6 Å². The van der Waals surface area contributed by atoms with Gasteiger partial charge in [0.2, 0.25) is 11.2 Å². The molecule has 2 rings (SSSR count).